The number of nitrogens with one attached hydrogen (secondary N) is 1. The number of para-hydroxylation sites is 2. The first-order valence-electron chi connectivity index (χ1n) is 6.65. The molecule has 0 spiro atoms. The van der Waals surface area contributed by atoms with Gasteiger partial charge >= 0.3 is 0 Å². The molecule has 0 aromatic heterocycles. The third-order valence-electron chi connectivity index (χ3n) is 3.18. The molecule has 108 valence electrons. The van der Waals surface area contributed by atoms with E-state index in [9.17, 15) is 9.18 Å². The van der Waals surface area contributed by atoms with Crippen molar-refractivity contribution in [2.24, 2.45) is 0 Å². The Balaban J connectivity index is 1.59. The molecule has 0 saturated carbocycles. The number of halogens is 1. The molecule has 1 N–H and O–H groups in total. The van der Waals surface area contributed by atoms with E-state index in [1.54, 1.807) is 18.2 Å². The van der Waals surface area contributed by atoms with Crippen LogP contribution >= 0.6 is 0 Å². The van der Waals surface area contributed by atoms with Gasteiger partial charge in [-0.05, 0) is 24.3 Å². The first-order chi connectivity index (χ1) is 10.2. The van der Waals surface area contributed by atoms with Gasteiger partial charge in [-0.15, -0.1) is 0 Å². The fourth-order valence-electron chi connectivity index (χ4n) is 2.11. The van der Waals surface area contributed by atoms with Gasteiger partial charge in [0.25, 0.3) is 5.91 Å². The van der Waals surface area contributed by atoms with E-state index >= 15 is 0 Å². The average Bonchev–Trinajstić information content (AvgIpc) is 2.53. The monoisotopic (exact) mass is 287 g/mol. The van der Waals surface area contributed by atoms with Crippen molar-refractivity contribution in [1.29, 1.82) is 0 Å². The summed E-state index contributed by atoms with van der Waals surface area (Å²) in [7, 11) is 0. The number of carbonyl (C=O) groups is 1. The maximum atomic E-state index is 13.5. The molecule has 3 rings (SSSR count). The van der Waals surface area contributed by atoms with E-state index in [0.717, 1.165) is 0 Å². The minimum atomic E-state index is -0.541. The standard InChI is InChI=1S/C16H14FNO3/c17-13-6-2-1-5-12(13)16(19)18-9-11-10-20-14-7-3-4-8-15(14)21-11/h1-8,11H,9-10H2,(H,18,19). The topological polar surface area (TPSA) is 47.6 Å². The number of carbonyl (C=O) groups excluding carboxylic acids is 1. The van der Waals surface area contributed by atoms with E-state index < -0.39 is 11.7 Å². The lowest BCUT2D eigenvalue weighted by Crippen LogP contribution is -2.40. The highest BCUT2D eigenvalue weighted by Gasteiger charge is 2.21. The van der Waals surface area contributed by atoms with Crippen molar-refractivity contribution >= 4 is 5.91 Å². The third kappa shape index (κ3) is 2.97. The number of ether oxygens (including phenoxy) is 2. The van der Waals surface area contributed by atoms with E-state index in [2.05, 4.69) is 5.32 Å². The van der Waals surface area contributed by atoms with Crippen LogP contribution < -0.4 is 14.8 Å². The van der Waals surface area contributed by atoms with Crippen LogP contribution in [0.1, 0.15) is 10.4 Å². The molecule has 1 atom stereocenters. The molecule has 0 saturated heterocycles. The number of hydrogen-bond donors (Lipinski definition) is 1. The quantitative estimate of drug-likeness (QED) is 0.943. The molecule has 0 bridgehead atoms. The minimum Gasteiger partial charge on any atom is -0.486 e. The molecular formula is C16H14FNO3. The van der Waals surface area contributed by atoms with Crippen LogP contribution in [0.25, 0.3) is 0 Å². The Morgan fingerprint density at radius 2 is 1.86 bits per heavy atom. The Morgan fingerprint density at radius 1 is 1.14 bits per heavy atom. The van der Waals surface area contributed by atoms with Gasteiger partial charge in [0.05, 0.1) is 12.1 Å². The summed E-state index contributed by atoms with van der Waals surface area (Å²) in [5, 5.41) is 2.66. The Hall–Kier alpha value is -2.56. The predicted molar refractivity (Wildman–Crippen MR) is 75.1 cm³/mol. The molecule has 1 heterocycles. The summed E-state index contributed by atoms with van der Waals surface area (Å²) in [6.07, 6.45) is -0.296. The van der Waals surface area contributed by atoms with Crippen LogP contribution in [0, 0.1) is 5.82 Å². The van der Waals surface area contributed by atoms with Gasteiger partial charge in [-0.2, -0.15) is 0 Å². The highest BCUT2D eigenvalue weighted by atomic mass is 19.1. The van der Waals surface area contributed by atoms with Gasteiger partial charge < -0.3 is 14.8 Å². The fraction of sp³-hybridized carbons (Fsp3) is 0.188. The highest BCUT2D eigenvalue weighted by Crippen LogP contribution is 2.30. The average molecular weight is 287 g/mol. The molecule has 0 fully saturated rings. The van der Waals surface area contributed by atoms with E-state index in [1.807, 2.05) is 18.2 Å². The van der Waals surface area contributed by atoms with Crippen LogP contribution in [0.15, 0.2) is 48.5 Å². The molecule has 1 amide bonds. The summed E-state index contributed by atoms with van der Waals surface area (Å²) in [6, 6.07) is 13.2. The molecule has 1 unspecified atom stereocenters. The lowest BCUT2D eigenvalue weighted by atomic mass is 10.2. The van der Waals surface area contributed by atoms with Crippen molar-refractivity contribution in [2.75, 3.05) is 13.2 Å². The van der Waals surface area contributed by atoms with Crippen molar-refractivity contribution in [3.05, 3.63) is 59.9 Å². The summed E-state index contributed by atoms with van der Waals surface area (Å²) >= 11 is 0. The number of amides is 1. The zero-order chi connectivity index (χ0) is 14.7. The number of rotatable bonds is 3. The first-order valence-corrected chi connectivity index (χ1v) is 6.65. The van der Waals surface area contributed by atoms with Crippen LogP contribution in [0.5, 0.6) is 11.5 Å². The van der Waals surface area contributed by atoms with Crippen LogP contribution in [-0.4, -0.2) is 25.2 Å². The van der Waals surface area contributed by atoms with Gasteiger partial charge in [-0.25, -0.2) is 4.39 Å². The Labute approximate surface area is 121 Å². The summed E-state index contributed by atoms with van der Waals surface area (Å²) in [5.41, 5.74) is 0.0228. The van der Waals surface area contributed by atoms with Crippen LogP contribution in [0.4, 0.5) is 4.39 Å². The van der Waals surface area contributed by atoms with E-state index in [4.69, 9.17) is 9.47 Å². The van der Waals surface area contributed by atoms with Crippen molar-refractivity contribution < 1.29 is 18.7 Å². The molecule has 4 nitrogen and oxygen atoms in total. The van der Waals surface area contributed by atoms with E-state index in [1.165, 1.54) is 12.1 Å². The number of benzene rings is 2. The Morgan fingerprint density at radius 3 is 2.67 bits per heavy atom. The lowest BCUT2D eigenvalue weighted by Gasteiger charge is -2.26. The molecule has 2 aromatic rings. The third-order valence-corrected chi connectivity index (χ3v) is 3.18. The van der Waals surface area contributed by atoms with Crippen molar-refractivity contribution in [3.63, 3.8) is 0 Å². The smallest absolute Gasteiger partial charge is 0.254 e. The summed E-state index contributed by atoms with van der Waals surface area (Å²) in [6.45, 7) is 0.593. The second-order valence-electron chi connectivity index (χ2n) is 4.69. The van der Waals surface area contributed by atoms with Gasteiger partial charge in [0.2, 0.25) is 0 Å². The van der Waals surface area contributed by atoms with Gasteiger partial charge in [0.15, 0.2) is 11.5 Å². The fourth-order valence-corrected chi connectivity index (χ4v) is 2.11. The minimum absolute atomic E-state index is 0.0228. The number of fused-ring (bicyclic) bond motifs is 1. The van der Waals surface area contributed by atoms with Gasteiger partial charge in [0, 0.05) is 0 Å². The summed E-state index contributed by atoms with van der Waals surface area (Å²) < 4.78 is 24.7. The lowest BCUT2D eigenvalue weighted by molar-refractivity contribution is 0.0787. The maximum Gasteiger partial charge on any atom is 0.254 e. The van der Waals surface area contributed by atoms with Crippen molar-refractivity contribution in [2.45, 2.75) is 6.10 Å². The first kappa shape index (κ1) is 13.4. The van der Waals surface area contributed by atoms with Gasteiger partial charge in [-0.1, -0.05) is 24.3 Å². The molecule has 5 heteroatoms. The largest absolute Gasteiger partial charge is 0.486 e. The normalized spacial score (nSPS) is 16.3. The van der Waals surface area contributed by atoms with Crippen molar-refractivity contribution in [1.82, 2.24) is 5.32 Å². The second kappa shape index (κ2) is 5.83. The van der Waals surface area contributed by atoms with Crippen LogP contribution in [0.2, 0.25) is 0 Å². The molecule has 1 aliphatic heterocycles. The van der Waals surface area contributed by atoms with Crippen molar-refractivity contribution in [3.8, 4) is 11.5 Å². The molecular weight excluding hydrogens is 273 g/mol. The Bertz CT molecular complexity index is 659. The zero-order valence-corrected chi connectivity index (χ0v) is 11.2. The predicted octanol–water partition coefficient (Wildman–Crippen LogP) is 2.40. The Kier molecular flexibility index (Phi) is 3.73. The SMILES string of the molecule is O=C(NCC1COc2ccccc2O1)c1ccccc1F. The summed E-state index contributed by atoms with van der Waals surface area (Å²) in [4.78, 5) is 11.9. The maximum absolute atomic E-state index is 13.5. The van der Waals surface area contributed by atoms with E-state index in [-0.39, 0.29) is 18.2 Å². The second-order valence-corrected chi connectivity index (χ2v) is 4.69. The summed E-state index contributed by atoms with van der Waals surface area (Å²) in [5.74, 6) is 0.333. The van der Waals surface area contributed by atoms with Gasteiger partial charge in [0.1, 0.15) is 18.5 Å². The van der Waals surface area contributed by atoms with Gasteiger partial charge in [-0.3, -0.25) is 4.79 Å². The highest BCUT2D eigenvalue weighted by molar-refractivity contribution is 5.94. The number of hydrogen-bond acceptors (Lipinski definition) is 3. The molecule has 2 aromatic carbocycles. The van der Waals surface area contributed by atoms with Crippen LogP contribution in [0.3, 0.4) is 0 Å². The van der Waals surface area contributed by atoms with Crippen LogP contribution in [-0.2, 0) is 0 Å². The molecule has 0 radical (unpaired) electrons. The molecule has 1 aliphatic rings. The molecule has 21 heavy (non-hydrogen) atoms. The zero-order valence-electron chi connectivity index (χ0n) is 11.2. The van der Waals surface area contributed by atoms with E-state index in [0.29, 0.717) is 18.1 Å². The molecule has 0 aliphatic carbocycles.